The van der Waals surface area contributed by atoms with Gasteiger partial charge >= 0.3 is 5.97 Å². The molecule has 0 aliphatic carbocycles. The number of nitrogens with zero attached hydrogens (tertiary/aromatic N) is 2. The molecule has 0 N–H and O–H groups in total. The average molecular weight is 503 g/mol. The van der Waals surface area contributed by atoms with E-state index in [0.717, 1.165) is 11.1 Å². The standard InChI is InChI=1S/C30H31FN2O4/c1-2-37-30(36)24-14-16-32(17-15-24)28(34)19-23-10-6-13-27(18-23)33(21-22-8-4-3-5-9-22)29(35)25-11-7-12-26(31)20-25/h3-13,18,20,24H,2,14-17,19,21H2,1H3. The summed E-state index contributed by atoms with van der Waals surface area (Å²) in [7, 11) is 0. The average Bonchev–Trinajstić information content (AvgIpc) is 2.92. The number of carbonyl (C=O) groups excluding carboxylic acids is 3. The van der Waals surface area contributed by atoms with Crippen LogP contribution in [0.15, 0.2) is 78.9 Å². The summed E-state index contributed by atoms with van der Waals surface area (Å²) in [5.74, 6) is -1.17. The van der Waals surface area contributed by atoms with E-state index in [9.17, 15) is 18.8 Å². The number of rotatable bonds is 8. The van der Waals surface area contributed by atoms with E-state index >= 15 is 0 Å². The molecule has 1 aliphatic rings. The van der Waals surface area contributed by atoms with Crippen molar-refractivity contribution in [2.24, 2.45) is 5.92 Å². The molecule has 3 aromatic carbocycles. The lowest BCUT2D eigenvalue weighted by molar-refractivity contribution is -0.151. The van der Waals surface area contributed by atoms with E-state index in [1.54, 1.807) is 22.8 Å². The third-order valence-electron chi connectivity index (χ3n) is 6.55. The van der Waals surface area contributed by atoms with Crippen LogP contribution in [-0.2, 0) is 27.3 Å². The molecule has 1 saturated heterocycles. The summed E-state index contributed by atoms with van der Waals surface area (Å²) < 4.78 is 19.0. The smallest absolute Gasteiger partial charge is 0.309 e. The number of likely N-dealkylation sites (tertiary alicyclic amines) is 1. The first-order valence-corrected chi connectivity index (χ1v) is 12.6. The van der Waals surface area contributed by atoms with Crippen LogP contribution in [0.25, 0.3) is 0 Å². The molecular formula is C30H31FN2O4. The molecule has 0 spiro atoms. The Balaban J connectivity index is 1.50. The third-order valence-corrected chi connectivity index (χ3v) is 6.55. The highest BCUT2D eigenvalue weighted by Crippen LogP contribution is 2.24. The summed E-state index contributed by atoms with van der Waals surface area (Å²) in [5.41, 5.74) is 2.59. The molecule has 3 aromatic rings. The molecule has 1 heterocycles. The molecule has 2 amide bonds. The van der Waals surface area contributed by atoms with Gasteiger partial charge in [0.2, 0.25) is 5.91 Å². The molecular weight excluding hydrogens is 471 g/mol. The van der Waals surface area contributed by atoms with E-state index in [1.807, 2.05) is 54.6 Å². The summed E-state index contributed by atoms with van der Waals surface area (Å²) >= 11 is 0. The Morgan fingerprint density at radius 2 is 1.62 bits per heavy atom. The van der Waals surface area contributed by atoms with Crippen LogP contribution < -0.4 is 4.90 Å². The summed E-state index contributed by atoms with van der Waals surface area (Å²) in [6, 6.07) is 22.6. The van der Waals surface area contributed by atoms with Crippen LogP contribution in [0.5, 0.6) is 0 Å². The quantitative estimate of drug-likeness (QED) is 0.406. The Bertz CT molecular complexity index is 1240. The number of esters is 1. The molecule has 0 bridgehead atoms. The second-order valence-electron chi connectivity index (χ2n) is 9.14. The van der Waals surface area contributed by atoms with E-state index in [1.165, 1.54) is 18.2 Å². The van der Waals surface area contributed by atoms with Gasteiger partial charge in [-0.2, -0.15) is 0 Å². The van der Waals surface area contributed by atoms with Crippen LogP contribution in [0.4, 0.5) is 10.1 Å². The lowest BCUT2D eigenvalue weighted by atomic mass is 9.96. The molecule has 4 rings (SSSR count). The van der Waals surface area contributed by atoms with Crippen LogP contribution in [0.1, 0.15) is 41.3 Å². The number of carbonyl (C=O) groups is 3. The fourth-order valence-electron chi connectivity index (χ4n) is 4.57. The van der Waals surface area contributed by atoms with Gasteiger partial charge in [-0.25, -0.2) is 4.39 Å². The maximum Gasteiger partial charge on any atom is 0.309 e. The third kappa shape index (κ3) is 6.82. The number of hydrogen-bond donors (Lipinski definition) is 0. The van der Waals surface area contributed by atoms with Crippen LogP contribution >= 0.6 is 0 Å². The molecule has 7 heteroatoms. The van der Waals surface area contributed by atoms with Crippen molar-refractivity contribution in [1.82, 2.24) is 4.90 Å². The van der Waals surface area contributed by atoms with Gasteiger partial charge in [0, 0.05) is 24.3 Å². The minimum absolute atomic E-state index is 0.0227. The zero-order valence-corrected chi connectivity index (χ0v) is 20.9. The number of benzene rings is 3. The molecule has 0 saturated carbocycles. The second-order valence-corrected chi connectivity index (χ2v) is 9.14. The van der Waals surface area contributed by atoms with Crippen molar-refractivity contribution in [3.63, 3.8) is 0 Å². The van der Waals surface area contributed by atoms with Crippen molar-refractivity contribution in [2.75, 3.05) is 24.6 Å². The predicted octanol–water partition coefficient (Wildman–Crippen LogP) is 5.02. The lowest BCUT2D eigenvalue weighted by Crippen LogP contribution is -2.41. The van der Waals surface area contributed by atoms with Crippen molar-refractivity contribution in [3.8, 4) is 0 Å². The molecule has 1 fully saturated rings. The monoisotopic (exact) mass is 502 g/mol. The summed E-state index contributed by atoms with van der Waals surface area (Å²) in [4.78, 5) is 41.9. The van der Waals surface area contributed by atoms with E-state index < -0.39 is 5.82 Å². The summed E-state index contributed by atoms with van der Waals surface area (Å²) in [5, 5.41) is 0. The highest BCUT2D eigenvalue weighted by atomic mass is 19.1. The van der Waals surface area contributed by atoms with Crippen molar-refractivity contribution in [1.29, 1.82) is 0 Å². The molecule has 6 nitrogen and oxygen atoms in total. The van der Waals surface area contributed by atoms with E-state index in [-0.39, 0.29) is 35.7 Å². The van der Waals surface area contributed by atoms with Crippen LogP contribution in [0.2, 0.25) is 0 Å². The summed E-state index contributed by atoms with van der Waals surface area (Å²) in [6.45, 7) is 3.48. The van der Waals surface area contributed by atoms with Gasteiger partial charge in [-0.15, -0.1) is 0 Å². The SMILES string of the molecule is CCOC(=O)C1CCN(C(=O)Cc2cccc(N(Cc3ccccc3)C(=O)c3cccc(F)c3)c2)CC1. The van der Waals surface area contributed by atoms with E-state index in [0.29, 0.717) is 44.8 Å². The molecule has 37 heavy (non-hydrogen) atoms. The van der Waals surface area contributed by atoms with Crippen molar-refractivity contribution in [2.45, 2.75) is 32.7 Å². The second kappa shape index (κ2) is 12.3. The maximum absolute atomic E-state index is 13.9. The molecule has 0 unspecified atom stereocenters. The van der Waals surface area contributed by atoms with Gasteiger partial charge < -0.3 is 14.5 Å². The molecule has 0 radical (unpaired) electrons. The van der Waals surface area contributed by atoms with Gasteiger partial charge in [-0.05, 0) is 61.2 Å². The van der Waals surface area contributed by atoms with Gasteiger partial charge in [0.15, 0.2) is 0 Å². The lowest BCUT2D eigenvalue weighted by Gasteiger charge is -2.31. The normalized spacial score (nSPS) is 13.7. The largest absolute Gasteiger partial charge is 0.466 e. The van der Waals surface area contributed by atoms with Crippen molar-refractivity contribution >= 4 is 23.5 Å². The van der Waals surface area contributed by atoms with Gasteiger partial charge in [0.1, 0.15) is 5.82 Å². The Morgan fingerprint density at radius 1 is 0.919 bits per heavy atom. The van der Waals surface area contributed by atoms with Gasteiger partial charge in [-0.1, -0.05) is 48.5 Å². The summed E-state index contributed by atoms with van der Waals surface area (Å²) in [6.07, 6.45) is 1.38. The van der Waals surface area contributed by atoms with E-state index in [4.69, 9.17) is 4.74 Å². The number of piperidine rings is 1. The zero-order chi connectivity index (χ0) is 26.2. The number of amides is 2. The highest BCUT2D eigenvalue weighted by Gasteiger charge is 2.28. The van der Waals surface area contributed by atoms with Crippen molar-refractivity contribution < 1.29 is 23.5 Å². The fraction of sp³-hybridized carbons (Fsp3) is 0.300. The first-order chi connectivity index (χ1) is 17.9. The molecule has 0 atom stereocenters. The van der Waals surface area contributed by atoms with E-state index in [2.05, 4.69) is 0 Å². The Kier molecular flexibility index (Phi) is 8.67. The minimum atomic E-state index is -0.475. The Labute approximate surface area is 216 Å². The predicted molar refractivity (Wildman–Crippen MR) is 139 cm³/mol. The fourth-order valence-corrected chi connectivity index (χ4v) is 4.57. The van der Waals surface area contributed by atoms with Crippen LogP contribution in [0.3, 0.4) is 0 Å². The molecule has 0 aromatic heterocycles. The van der Waals surface area contributed by atoms with Crippen molar-refractivity contribution in [3.05, 3.63) is 101 Å². The zero-order valence-electron chi connectivity index (χ0n) is 20.9. The molecule has 192 valence electrons. The van der Waals surface area contributed by atoms with Crippen LogP contribution in [-0.4, -0.2) is 42.4 Å². The Morgan fingerprint density at radius 3 is 2.32 bits per heavy atom. The van der Waals surface area contributed by atoms with Gasteiger partial charge in [0.25, 0.3) is 5.91 Å². The number of ether oxygens (including phenoxy) is 1. The maximum atomic E-state index is 13.9. The first kappa shape index (κ1) is 26.1. The minimum Gasteiger partial charge on any atom is -0.466 e. The highest BCUT2D eigenvalue weighted by molar-refractivity contribution is 6.06. The van der Waals surface area contributed by atoms with Crippen LogP contribution in [0, 0.1) is 11.7 Å². The first-order valence-electron chi connectivity index (χ1n) is 12.6. The number of halogens is 1. The topological polar surface area (TPSA) is 66.9 Å². The number of anilines is 1. The molecule has 1 aliphatic heterocycles. The van der Waals surface area contributed by atoms with Gasteiger partial charge in [0.05, 0.1) is 25.5 Å². The number of hydrogen-bond acceptors (Lipinski definition) is 4. The Hall–Kier alpha value is -4.00. The van der Waals surface area contributed by atoms with Gasteiger partial charge in [-0.3, -0.25) is 14.4 Å².